The number of benzene rings is 3. The zero-order valence-corrected chi connectivity index (χ0v) is 15.8. The molecule has 0 unspecified atom stereocenters. The molecule has 4 aromatic rings. The van der Waals surface area contributed by atoms with Crippen molar-refractivity contribution in [3.63, 3.8) is 0 Å². The first kappa shape index (κ1) is 18.3. The van der Waals surface area contributed by atoms with E-state index >= 15 is 0 Å². The lowest BCUT2D eigenvalue weighted by Crippen LogP contribution is -2.18. The molecule has 0 aliphatic heterocycles. The van der Waals surface area contributed by atoms with E-state index in [9.17, 15) is 4.79 Å². The second kappa shape index (κ2) is 7.91. The molecule has 5 nitrogen and oxygen atoms in total. The van der Waals surface area contributed by atoms with E-state index in [0.717, 1.165) is 27.3 Å². The second-order valence-corrected chi connectivity index (χ2v) is 6.44. The quantitative estimate of drug-likeness (QED) is 0.310. The number of fused-ring (bicyclic) bond motifs is 2. The van der Waals surface area contributed by atoms with Gasteiger partial charge in [-0.05, 0) is 29.8 Å². The molecular weight excluding hydrogens is 364 g/mol. The zero-order chi connectivity index (χ0) is 20.2. The average molecular weight is 382 g/mol. The predicted molar refractivity (Wildman–Crippen MR) is 114 cm³/mol. The molecule has 29 heavy (non-hydrogen) atoms. The van der Waals surface area contributed by atoms with E-state index in [1.807, 2.05) is 67.6 Å². The van der Waals surface area contributed by atoms with Crippen molar-refractivity contribution in [2.75, 3.05) is 6.61 Å². The highest BCUT2D eigenvalue weighted by atomic mass is 16.5. The first-order valence-corrected chi connectivity index (χ1v) is 9.08. The van der Waals surface area contributed by atoms with Crippen LogP contribution in [0, 0.1) is 19.3 Å². The Morgan fingerprint density at radius 1 is 1.14 bits per heavy atom. The number of para-hydroxylation sites is 1. The van der Waals surface area contributed by atoms with Crippen LogP contribution in [0.2, 0.25) is 0 Å². The molecule has 0 spiro atoms. The number of terminal acetylenes is 1. The number of amides is 1. The molecule has 142 valence electrons. The van der Waals surface area contributed by atoms with E-state index in [2.05, 4.69) is 16.4 Å². The van der Waals surface area contributed by atoms with Gasteiger partial charge >= 0.3 is 5.91 Å². The van der Waals surface area contributed by atoms with Crippen LogP contribution in [0.4, 0.5) is 0 Å². The normalized spacial score (nSPS) is 11.0. The molecule has 0 aliphatic rings. The minimum Gasteiger partial charge on any atom is -0.480 e. The highest BCUT2D eigenvalue weighted by Gasteiger charge is 2.17. The minimum absolute atomic E-state index is 0.143. The number of furan rings is 1. The number of hydrogen-bond acceptors (Lipinski definition) is 4. The summed E-state index contributed by atoms with van der Waals surface area (Å²) in [5.41, 5.74) is 4.71. The van der Waals surface area contributed by atoms with E-state index in [1.165, 1.54) is 0 Å². The fraction of sp³-hybridized carbons (Fsp3) is 0.0833. The number of hydrogen-bond donors (Lipinski definition) is 1. The minimum atomic E-state index is -0.415. The summed E-state index contributed by atoms with van der Waals surface area (Å²) < 4.78 is 11.3. The summed E-state index contributed by atoms with van der Waals surface area (Å²) in [6.45, 7) is 1.99. The predicted octanol–water partition coefficient (Wildman–Crippen LogP) is 4.67. The van der Waals surface area contributed by atoms with Crippen LogP contribution in [-0.4, -0.2) is 18.7 Å². The van der Waals surface area contributed by atoms with Gasteiger partial charge in [0.1, 0.15) is 17.9 Å². The third kappa shape index (κ3) is 3.56. The first-order valence-electron chi connectivity index (χ1n) is 9.08. The summed E-state index contributed by atoms with van der Waals surface area (Å²) in [4.78, 5) is 12.6. The Labute approximate surface area is 168 Å². The van der Waals surface area contributed by atoms with Crippen molar-refractivity contribution in [1.29, 1.82) is 0 Å². The molecule has 0 fully saturated rings. The summed E-state index contributed by atoms with van der Waals surface area (Å²) in [5, 5.41) is 7.01. The molecule has 0 saturated carbocycles. The maximum absolute atomic E-state index is 12.6. The fourth-order valence-electron chi connectivity index (χ4n) is 3.25. The second-order valence-electron chi connectivity index (χ2n) is 6.44. The van der Waals surface area contributed by atoms with E-state index in [1.54, 1.807) is 6.21 Å². The summed E-state index contributed by atoms with van der Waals surface area (Å²) >= 11 is 0. The van der Waals surface area contributed by atoms with Crippen molar-refractivity contribution in [2.45, 2.75) is 6.92 Å². The number of hydrazone groups is 1. The fourth-order valence-corrected chi connectivity index (χ4v) is 3.25. The summed E-state index contributed by atoms with van der Waals surface area (Å²) in [6, 6.07) is 19.2. The van der Waals surface area contributed by atoms with Gasteiger partial charge in [-0.2, -0.15) is 5.10 Å². The third-order valence-electron chi connectivity index (χ3n) is 4.65. The monoisotopic (exact) mass is 382 g/mol. The van der Waals surface area contributed by atoms with Crippen LogP contribution < -0.4 is 10.2 Å². The Morgan fingerprint density at radius 3 is 2.69 bits per heavy atom. The molecular formula is C24H18N2O3. The number of carbonyl (C=O) groups is 1. The molecule has 0 saturated heterocycles. The molecule has 1 heterocycles. The number of carbonyl (C=O) groups excluding carboxylic acids is 1. The number of ether oxygens (including phenoxy) is 1. The maximum atomic E-state index is 12.6. The highest BCUT2D eigenvalue weighted by Crippen LogP contribution is 2.27. The van der Waals surface area contributed by atoms with Gasteiger partial charge in [0.05, 0.1) is 6.21 Å². The van der Waals surface area contributed by atoms with Crippen molar-refractivity contribution in [3.05, 3.63) is 77.6 Å². The number of nitrogens with zero attached hydrogens (tertiary/aromatic N) is 1. The smallest absolute Gasteiger partial charge is 0.307 e. The van der Waals surface area contributed by atoms with Gasteiger partial charge < -0.3 is 9.15 Å². The SMILES string of the molecule is C#CCOc1ccc2ccccc2c1/C=N\NC(=O)c1oc2ccccc2c1C. The van der Waals surface area contributed by atoms with Gasteiger partial charge in [-0.25, -0.2) is 5.43 Å². The molecule has 1 N–H and O–H groups in total. The molecule has 0 radical (unpaired) electrons. The van der Waals surface area contributed by atoms with Crippen molar-refractivity contribution in [1.82, 2.24) is 5.43 Å². The summed E-state index contributed by atoms with van der Waals surface area (Å²) in [5.74, 6) is 2.88. The number of rotatable bonds is 5. The van der Waals surface area contributed by atoms with Gasteiger partial charge in [0, 0.05) is 16.5 Å². The van der Waals surface area contributed by atoms with E-state index in [0.29, 0.717) is 11.3 Å². The van der Waals surface area contributed by atoms with E-state index < -0.39 is 5.91 Å². The lowest BCUT2D eigenvalue weighted by molar-refractivity contribution is 0.0929. The Kier molecular flexibility index (Phi) is 5.00. The van der Waals surface area contributed by atoms with Crippen molar-refractivity contribution >= 4 is 33.9 Å². The lowest BCUT2D eigenvalue weighted by Gasteiger charge is -2.09. The van der Waals surface area contributed by atoms with E-state index in [4.69, 9.17) is 15.6 Å². The number of nitrogens with one attached hydrogen (secondary N) is 1. The molecule has 3 aromatic carbocycles. The Balaban J connectivity index is 1.63. The topological polar surface area (TPSA) is 63.8 Å². The van der Waals surface area contributed by atoms with Crippen molar-refractivity contribution in [2.24, 2.45) is 5.10 Å². The van der Waals surface area contributed by atoms with Crippen LogP contribution in [0.3, 0.4) is 0 Å². The van der Waals surface area contributed by atoms with Crippen molar-refractivity contribution < 1.29 is 13.9 Å². The van der Waals surface area contributed by atoms with Crippen LogP contribution in [0.5, 0.6) is 5.75 Å². The maximum Gasteiger partial charge on any atom is 0.307 e. The van der Waals surface area contributed by atoms with Gasteiger partial charge in [-0.15, -0.1) is 6.42 Å². The molecule has 0 bridgehead atoms. The van der Waals surface area contributed by atoms with Crippen LogP contribution in [0.1, 0.15) is 21.7 Å². The first-order chi connectivity index (χ1) is 14.2. The van der Waals surface area contributed by atoms with Crippen LogP contribution >= 0.6 is 0 Å². The lowest BCUT2D eigenvalue weighted by atomic mass is 10.0. The molecule has 0 atom stereocenters. The molecule has 1 amide bonds. The number of aryl methyl sites for hydroxylation is 1. The van der Waals surface area contributed by atoms with Crippen molar-refractivity contribution in [3.8, 4) is 18.1 Å². The summed E-state index contributed by atoms with van der Waals surface area (Å²) in [7, 11) is 0. The van der Waals surface area contributed by atoms with Crippen LogP contribution in [0.25, 0.3) is 21.7 Å². The van der Waals surface area contributed by atoms with Crippen LogP contribution in [0.15, 0.2) is 70.2 Å². The Bertz CT molecular complexity index is 1280. The largest absolute Gasteiger partial charge is 0.480 e. The molecule has 5 heteroatoms. The van der Waals surface area contributed by atoms with Crippen LogP contribution in [-0.2, 0) is 0 Å². The Hall–Kier alpha value is -4.04. The van der Waals surface area contributed by atoms with Gasteiger partial charge in [0.15, 0.2) is 5.76 Å². The van der Waals surface area contributed by atoms with Gasteiger partial charge in [-0.1, -0.05) is 54.5 Å². The van der Waals surface area contributed by atoms with E-state index in [-0.39, 0.29) is 12.4 Å². The van der Waals surface area contributed by atoms with Gasteiger partial charge in [0.25, 0.3) is 0 Å². The summed E-state index contributed by atoms with van der Waals surface area (Å²) in [6.07, 6.45) is 6.87. The standard InChI is InChI=1S/C24H18N2O3/c1-3-14-28-21-13-12-17-8-4-5-10-19(17)20(21)15-25-26-24(27)23-16(2)18-9-6-7-11-22(18)29-23/h1,4-13,15H,14H2,2H3,(H,26,27)/b25-15-. The third-order valence-corrected chi connectivity index (χ3v) is 4.65. The van der Waals surface area contributed by atoms with Gasteiger partial charge in [-0.3, -0.25) is 4.79 Å². The molecule has 1 aromatic heterocycles. The zero-order valence-electron chi connectivity index (χ0n) is 15.8. The van der Waals surface area contributed by atoms with Gasteiger partial charge in [0.2, 0.25) is 0 Å². The average Bonchev–Trinajstić information content (AvgIpc) is 3.09. The molecule has 4 rings (SSSR count). The Morgan fingerprint density at radius 2 is 1.90 bits per heavy atom. The highest BCUT2D eigenvalue weighted by molar-refractivity contribution is 6.03. The molecule has 0 aliphatic carbocycles.